The molecule has 20 heavy (non-hydrogen) atoms. The van der Waals surface area contributed by atoms with Crippen molar-refractivity contribution in [3.05, 3.63) is 0 Å². The van der Waals surface area contributed by atoms with Crippen molar-refractivity contribution in [1.82, 2.24) is 14.7 Å². The van der Waals surface area contributed by atoms with E-state index in [2.05, 4.69) is 23.6 Å². The minimum absolute atomic E-state index is 0.0982. The number of carbonyl (C=O) groups is 1. The fourth-order valence-corrected chi connectivity index (χ4v) is 4.36. The zero-order chi connectivity index (χ0) is 14.5. The Bertz CT molecular complexity index is 393. The molecule has 0 aromatic carbocycles. The molecule has 3 saturated heterocycles. The van der Waals surface area contributed by atoms with Crippen LogP contribution < -0.4 is 0 Å². The molecule has 0 aliphatic carbocycles. The van der Waals surface area contributed by atoms with Crippen molar-refractivity contribution in [2.45, 2.75) is 44.9 Å². The second-order valence-corrected chi connectivity index (χ2v) is 7.38. The Hall–Kier alpha value is -0.650. The Kier molecular flexibility index (Phi) is 3.55. The van der Waals surface area contributed by atoms with Gasteiger partial charge in [-0.1, -0.05) is 13.8 Å². The van der Waals surface area contributed by atoms with Crippen molar-refractivity contribution < 1.29 is 9.90 Å². The highest BCUT2D eigenvalue weighted by Gasteiger charge is 2.56. The maximum absolute atomic E-state index is 11.8. The van der Waals surface area contributed by atoms with Gasteiger partial charge in [0.05, 0.1) is 11.6 Å². The SMILES string of the molecule is CC(=O)N1C[C@@H]2C[C@@H](O)CN2C2(CN(CC(C)C)C2)C1. The Morgan fingerprint density at radius 1 is 1.30 bits per heavy atom. The third-order valence-electron chi connectivity index (χ3n) is 5.02. The van der Waals surface area contributed by atoms with E-state index in [9.17, 15) is 9.90 Å². The average Bonchev–Trinajstić information content (AvgIpc) is 2.66. The molecule has 3 heterocycles. The van der Waals surface area contributed by atoms with Crippen LogP contribution in [0, 0.1) is 5.92 Å². The molecule has 1 amide bonds. The summed E-state index contributed by atoms with van der Waals surface area (Å²) in [5.41, 5.74) is 0.0982. The van der Waals surface area contributed by atoms with E-state index in [1.807, 2.05) is 4.90 Å². The standard InChI is InChI=1S/C15H27N3O2/c1-11(2)5-16-8-15(9-16)10-17(12(3)19)6-13-4-14(20)7-18(13)15/h11,13-14,20H,4-10H2,1-3H3/t13-,14+/m0/s1. The molecule has 5 nitrogen and oxygen atoms in total. The van der Waals surface area contributed by atoms with Gasteiger partial charge in [-0.05, 0) is 12.3 Å². The van der Waals surface area contributed by atoms with Gasteiger partial charge in [0, 0.05) is 52.2 Å². The van der Waals surface area contributed by atoms with E-state index < -0.39 is 0 Å². The van der Waals surface area contributed by atoms with E-state index in [1.165, 1.54) is 0 Å². The first-order chi connectivity index (χ1) is 9.39. The number of aliphatic hydroxyl groups is 1. The van der Waals surface area contributed by atoms with E-state index >= 15 is 0 Å². The molecule has 1 spiro atoms. The summed E-state index contributed by atoms with van der Waals surface area (Å²) in [6.45, 7) is 11.8. The second-order valence-electron chi connectivity index (χ2n) is 7.38. The van der Waals surface area contributed by atoms with E-state index in [4.69, 9.17) is 0 Å². The number of nitrogens with zero attached hydrogens (tertiary/aromatic N) is 3. The summed E-state index contributed by atoms with van der Waals surface area (Å²) in [6, 6.07) is 0.351. The van der Waals surface area contributed by atoms with Gasteiger partial charge in [-0.3, -0.25) is 14.6 Å². The van der Waals surface area contributed by atoms with Gasteiger partial charge in [0.25, 0.3) is 0 Å². The molecular formula is C15H27N3O2. The highest BCUT2D eigenvalue weighted by atomic mass is 16.3. The van der Waals surface area contributed by atoms with Crippen molar-refractivity contribution in [2.75, 3.05) is 39.3 Å². The van der Waals surface area contributed by atoms with E-state index in [0.29, 0.717) is 12.0 Å². The number of amides is 1. The number of likely N-dealkylation sites (tertiary alicyclic amines) is 1. The lowest BCUT2D eigenvalue weighted by atomic mass is 9.83. The molecule has 3 aliphatic rings. The number of β-amino-alcohol motifs (C(OH)–C–C–N with tert-alkyl or cyclic N) is 1. The number of piperazine rings is 1. The minimum Gasteiger partial charge on any atom is -0.392 e. The van der Waals surface area contributed by atoms with Crippen LogP contribution in [-0.2, 0) is 4.79 Å². The molecule has 2 atom stereocenters. The van der Waals surface area contributed by atoms with Crippen LogP contribution in [0.25, 0.3) is 0 Å². The maximum Gasteiger partial charge on any atom is 0.219 e. The van der Waals surface area contributed by atoms with Gasteiger partial charge < -0.3 is 10.0 Å². The van der Waals surface area contributed by atoms with Gasteiger partial charge in [-0.2, -0.15) is 0 Å². The summed E-state index contributed by atoms with van der Waals surface area (Å²) >= 11 is 0. The first-order valence-corrected chi connectivity index (χ1v) is 7.82. The zero-order valence-corrected chi connectivity index (χ0v) is 12.9. The Morgan fingerprint density at radius 3 is 2.60 bits per heavy atom. The Morgan fingerprint density at radius 2 is 2.00 bits per heavy atom. The molecule has 0 bridgehead atoms. The third-order valence-corrected chi connectivity index (χ3v) is 5.02. The Labute approximate surface area is 121 Å². The van der Waals surface area contributed by atoms with Crippen molar-refractivity contribution in [3.8, 4) is 0 Å². The summed E-state index contributed by atoms with van der Waals surface area (Å²) in [5.74, 6) is 0.854. The number of hydrogen-bond donors (Lipinski definition) is 1. The molecule has 3 aliphatic heterocycles. The molecule has 0 radical (unpaired) electrons. The van der Waals surface area contributed by atoms with Crippen molar-refractivity contribution in [1.29, 1.82) is 0 Å². The fraction of sp³-hybridized carbons (Fsp3) is 0.933. The molecule has 3 rings (SSSR count). The number of carbonyl (C=O) groups excluding carboxylic acids is 1. The van der Waals surface area contributed by atoms with Crippen LogP contribution in [0.15, 0.2) is 0 Å². The first kappa shape index (κ1) is 14.3. The molecule has 1 N–H and O–H groups in total. The summed E-state index contributed by atoms with van der Waals surface area (Å²) in [5, 5.41) is 9.99. The van der Waals surface area contributed by atoms with Crippen LogP contribution >= 0.6 is 0 Å². The van der Waals surface area contributed by atoms with Crippen LogP contribution in [0.3, 0.4) is 0 Å². The molecule has 3 fully saturated rings. The minimum atomic E-state index is -0.220. The normalized spacial score (nSPS) is 33.5. The number of aliphatic hydroxyl groups excluding tert-OH is 1. The molecule has 0 saturated carbocycles. The second kappa shape index (κ2) is 4.97. The predicted molar refractivity (Wildman–Crippen MR) is 77.4 cm³/mol. The highest BCUT2D eigenvalue weighted by Crippen LogP contribution is 2.39. The quantitative estimate of drug-likeness (QED) is 0.774. The molecule has 114 valence electrons. The van der Waals surface area contributed by atoms with Crippen LogP contribution in [0.4, 0.5) is 0 Å². The highest BCUT2D eigenvalue weighted by molar-refractivity contribution is 5.73. The largest absolute Gasteiger partial charge is 0.392 e. The Balaban J connectivity index is 1.73. The van der Waals surface area contributed by atoms with Gasteiger partial charge in [0.1, 0.15) is 0 Å². The lowest BCUT2D eigenvalue weighted by molar-refractivity contribution is -0.148. The van der Waals surface area contributed by atoms with Crippen LogP contribution in [0.1, 0.15) is 27.2 Å². The topological polar surface area (TPSA) is 47.0 Å². The predicted octanol–water partition coefficient (Wildman–Crippen LogP) is -0.00590. The third kappa shape index (κ3) is 2.36. The van der Waals surface area contributed by atoms with Crippen LogP contribution in [-0.4, -0.2) is 82.7 Å². The molecule has 5 heteroatoms. The number of hydrogen-bond acceptors (Lipinski definition) is 4. The first-order valence-electron chi connectivity index (χ1n) is 7.82. The smallest absolute Gasteiger partial charge is 0.219 e. The lowest BCUT2D eigenvalue weighted by Crippen LogP contribution is -2.78. The van der Waals surface area contributed by atoms with Crippen LogP contribution in [0.2, 0.25) is 0 Å². The molecule has 0 aromatic heterocycles. The molecule has 0 unspecified atom stereocenters. The van der Waals surface area contributed by atoms with Crippen molar-refractivity contribution in [3.63, 3.8) is 0 Å². The summed E-state index contributed by atoms with van der Waals surface area (Å²) in [6.07, 6.45) is 0.596. The van der Waals surface area contributed by atoms with Gasteiger partial charge >= 0.3 is 0 Å². The summed E-state index contributed by atoms with van der Waals surface area (Å²) < 4.78 is 0. The summed E-state index contributed by atoms with van der Waals surface area (Å²) in [7, 11) is 0. The van der Waals surface area contributed by atoms with Crippen molar-refractivity contribution >= 4 is 5.91 Å². The molecule has 0 aromatic rings. The zero-order valence-electron chi connectivity index (χ0n) is 12.9. The number of rotatable bonds is 2. The maximum atomic E-state index is 11.8. The van der Waals surface area contributed by atoms with Gasteiger partial charge in [0.15, 0.2) is 0 Å². The molecular weight excluding hydrogens is 254 g/mol. The summed E-state index contributed by atoms with van der Waals surface area (Å²) in [4.78, 5) is 18.8. The van der Waals surface area contributed by atoms with Crippen LogP contribution in [0.5, 0.6) is 0 Å². The van der Waals surface area contributed by atoms with E-state index in [-0.39, 0.29) is 17.6 Å². The van der Waals surface area contributed by atoms with E-state index in [1.54, 1.807) is 6.92 Å². The lowest BCUT2D eigenvalue weighted by Gasteiger charge is -2.61. The van der Waals surface area contributed by atoms with Crippen molar-refractivity contribution in [2.24, 2.45) is 5.92 Å². The van der Waals surface area contributed by atoms with E-state index in [0.717, 1.165) is 45.7 Å². The monoisotopic (exact) mass is 281 g/mol. The fourth-order valence-electron chi connectivity index (χ4n) is 4.36. The van der Waals surface area contributed by atoms with Gasteiger partial charge in [0.2, 0.25) is 5.91 Å². The van der Waals surface area contributed by atoms with Gasteiger partial charge in [-0.25, -0.2) is 0 Å². The average molecular weight is 281 g/mol. The van der Waals surface area contributed by atoms with Gasteiger partial charge in [-0.15, -0.1) is 0 Å². The number of fused-ring (bicyclic) bond motifs is 2.